The van der Waals surface area contributed by atoms with Gasteiger partial charge < -0.3 is 28.7 Å². The van der Waals surface area contributed by atoms with Gasteiger partial charge in [-0.3, -0.25) is 9.59 Å². The summed E-state index contributed by atoms with van der Waals surface area (Å²) in [6.07, 6.45) is 1.17. The molecule has 12 heteroatoms. The maximum absolute atomic E-state index is 14.2. The summed E-state index contributed by atoms with van der Waals surface area (Å²) in [5.41, 5.74) is -0.971. The molecule has 0 bridgehead atoms. The van der Waals surface area contributed by atoms with Gasteiger partial charge >= 0.3 is 24.1 Å². The van der Waals surface area contributed by atoms with Crippen LogP contribution < -0.4 is 0 Å². The normalized spacial score (nSPS) is 19.6. The second kappa shape index (κ2) is 17.7. The first-order valence-electron chi connectivity index (χ1n) is 19.8. The molecule has 2 aliphatic heterocycles. The molecule has 4 rings (SSSR count). The molecule has 4 atom stereocenters. The van der Waals surface area contributed by atoms with Gasteiger partial charge in [0.1, 0.15) is 22.4 Å². The number of ether oxygens (including phenoxy) is 4. The van der Waals surface area contributed by atoms with Crippen molar-refractivity contribution in [2.24, 2.45) is 23.7 Å². The number of hydrogen-bond acceptors (Lipinski definition) is 9. The van der Waals surface area contributed by atoms with Crippen LogP contribution in [0.15, 0.2) is 58.3 Å². The Morgan fingerprint density at radius 2 is 0.929 bits per heavy atom. The molecule has 11 nitrogen and oxygen atoms in total. The number of carbonyl (C=O) groups is 4. The van der Waals surface area contributed by atoms with Gasteiger partial charge in [0.05, 0.1) is 22.6 Å². The third kappa shape index (κ3) is 13.6. The van der Waals surface area contributed by atoms with Gasteiger partial charge in [0, 0.05) is 36.0 Å². The van der Waals surface area contributed by atoms with E-state index in [0.29, 0.717) is 61.7 Å². The van der Waals surface area contributed by atoms with E-state index in [0.717, 1.165) is 11.1 Å². The van der Waals surface area contributed by atoms with E-state index < -0.39 is 57.2 Å². The first-order valence-corrected chi connectivity index (χ1v) is 20.9. The van der Waals surface area contributed by atoms with Crippen LogP contribution in [-0.2, 0) is 52.2 Å². The molecule has 310 valence electrons. The standard InChI is InChI=1S/C44H64N2O9S/c1-41(2,3)52-37(47)35(31-19-21-45(27-31)39(49)54-43(7,8)9)25-29-15-13-17-33(23-29)56(51)34-18-14-16-30(24-34)26-36(38(48)53-42(4,5)6)32-20-22-46(28-32)40(50)55-44(10,11)12/h13-18,23-24,31-32,35-36H,19-22,25-28H2,1-12H3/t31-,32-,35?,36?,56?/m0/s1. The highest BCUT2D eigenvalue weighted by Crippen LogP contribution is 2.33. The fourth-order valence-corrected chi connectivity index (χ4v) is 8.27. The smallest absolute Gasteiger partial charge is 0.410 e. The van der Waals surface area contributed by atoms with Crippen LogP contribution in [0.4, 0.5) is 9.59 Å². The van der Waals surface area contributed by atoms with Crippen LogP contribution in [0.25, 0.3) is 0 Å². The molecule has 2 aromatic carbocycles. The van der Waals surface area contributed by atoms with Crippen molar-refractivity contribution in [1.29, 1.82) is 0 Å². The number of rotatable bonds is 10. The lowest BCUT2D eigenvalue weighted by Gasteiger charge is -2.28. The fourth-order valence-electron chi connectivity index (χ4n) is 7.08. The van der Waals surface area contributed by atoms with Crippen LogP contribution in [0, 0.1) is 23.7 Å². The summed E-state index contributed by atoms with van der Waals surface area (Å²) in [4.78, 5) is 57.6. The highest BCUT2D eigenvalue weighted by molar-refractivity contribution is 7.85. The Bertz CT molecular complexity index is 1620. The quantitative estimate of drug-likeness (QED) is 0.172. The van der Waals surface area contributed by atoms with E-state index in [1.165, 1.54) is 0 Å². The molecule has 2 saturated heterocycles. The molecule has 56 heavy (non-hydrogen) atoms. The summed E-state index contributed by atoms with van der Waals surface area (Å²) in [6.45, 7) is 23.7. The third-order valence-corrected chi connectivity index (χ3v) is 10.8. The van der Waals surface area contributed by atoms with E-state index >= 15 is 0 Å². The molecule has 2 aromatic rings. The van der Waals surface area contributed by atoms with Gasteiger partial charge in [-0.15, -0.1) is 0 Å². The minimum Gasteiger partial charge on any atom is -0.460 e. The SMILES string of the molecule is CC(C)(C)OC(=O)C(Cc1cccc(S(=O)c2cccc(CC(C(=O)OC(C)(C)C)[C@H]3CCN(C(=O)OC(C)(C)C)C3)c2)c1)[C@H]1CCN(C(=O)OC(C)(C)C)C1. The van der Waals surface area contributed by atoms with Crippen LogP contribution >= 0.6 is 0 Å². The Morgan fingerprint density at radius 1 is 0.589 bits per heavy atom. The van der Waals surface area contributed by atoms with E-state index in [9.17, 15) is 23.4 Å². The predicted molar refractivity (Wildman–Crippen MR) is 215 cm³/mol. The van der Waals surface area contributed by atoms with Crippen molar-refractivity contribution in [3.63, 3.8) is 0 Å². The van der Waals surface area contributed by atoms with E-state index in [1.807, 2.05) is 132 Å². The molecule has 2 unspecified atom stereocenters. The lowest BCUT2D eigenvalue weighted by atomic mass is 9.86. The largest absolute Gasteiger partial charge is 0.460 e. The number of esters is 2. The van der Waals surface area contributed by atoms with Gasteiger partial charge in [-0.2, -0.15) is 0 Å². The number of benzene rings is 2. The van der Waals surface area contributed by atoms with Crippen LogP contribution in [0.3, 0.4) is 0 Å². The Balaban J connectivity index is 1.54. The zero-order valence-corrected chi connectivity index (χ0v) is 36.4. The molecular weight excluding hydrogens is 733 g/mol. The Morgan fingerprint density at radius 3 is 1.25 bits per heavy atom. The lowest BCUT2D eigenvalue weighted by Crippen LogP contribution is -2.38. The van der Waals surface area contributed by atoms with Crippen molar-refractivity contribution >= 4 is 34.9 Å². The number of carbonyl (C=O) groups excluding carboxylic acids is 4. The van der Waals surface area contributed by atoms with Crippen LogP contribution in [-0.4, -0.2) is 86.7 Å². The Hall–Kier alpha value is -3.93. The molecule has 2 heterocycles. The molecule has 2 fully saturated rings. The van der Waals surface area contributed by atoms with Crippen molar-refractivity contribution < 1.29 is 42.3 Å². The molecule has 0 saturated carbocycles. The van der Waals surface area contributed by atoms with E-state index in [4.69, 9.17) is 18.9 Å². The van der Waals surface area contributed by atoms with Crippen LogP contribution in [0.1, 0.15) is 107 Å². The van der Waals surface area contributed by atoms with Crippen molar-refractivity contribution in [2.45, 2.75) is 141 Å². The highest BCUT2D eigenvalue weighted by Gasteiger charge is 2.41. The highest BCUT2D eigenvalue weighted by atomic mass is 32.2. The second-order valence-corrected chi connectivity index (χ2v) is 20.7. The minimum absolute atomic E-state index is 0.141. The summed E-state index contributed by atoms with van der Waals surface area (Å²) in [6, 6.07) is 14.9. The van der Waals surface area contributed by atoms with Crippen molar-refractivity contribution in [2.75, 3.05) is 26.2 Å². The van der Waals surface area contributed by atoms with Gasteiger partial charge in [-0.1, -0.05) is 24.3 Å². The maximum Gasteiger partial charge on any atom is 0.410 e. The van der Waals surface area contributed by atoms with Gasteiger partial charge in [0.15, 0.2) is 0 Å². The Kier molecular flexibility index (Phi) is 14.1. The van der Waals surface area contributed by atoms with Crippen molar-refractivity contribution in [3.8, 4) is 0 Å². The van der Waals surface area contributed by atoms with Crippen molar-refractivity contribution in [3.05, 3.63) is 59.7 Å². The first-order chi connectivity index (χ1) is 25.8. The molecule has 0 spiro atoms. The van der Waals surface area contributed by atoms with E-state index in [2.05, 4.69) is 0 Å². The summed E-state index contributed by atoms with van der Waals surface area (Å²) >= 11 is 0. The van der Waals surface area contributed by atoms with Crippen molar-refractivity contribution in [1.82, 2.24) is 9.80 Å². The monoisotopic (exact) mass is 796 g/mol. The summed E-state index contributed by atoms with van der Waals surface area (Å²) < 4.78 is 37.1. The minimum atomic E-state index is -1.57. The summed E-state index contributed by atoms with van der Waals surface area (Å²) in [7, 11) is -1.57. The molecule has 0 aliphatic carbocycles. The lowest BCUT2D eigenvalue weighted by molar-refractivity contribution is -0.163. The predicted octanol–water partition coefficient (Wildman–Crippen LogP) is 8.37. The molecule has 2 aliphatic rings. The van der Waals surface area contributed by atoms with Gasteiger partial charge in [-0.25, -0.2) is 13.8 Å². The molecule has 0 radical (unpaired) electrons. The Labute approximate surface area is 336 Å². The first kappa shape index (κ1) is 44.8. The average molecular weight is 797 g/mol. The molecule has 0 aromatic heterocycles. The van der Waals surface area contributed by atoms with E-state index in [-0.39, 0.29) is 23.8 Å². The molecular formula is C44H64N2O9S. The second-order valence-electron chi connectivity index (χ2n) is 19.2. The summed E-state index contributed by atoms with van der Waals surface area (Å²) in [5, 5.41) is 0. The van der Waals surface area contributed by atoms with Gasteiger partial charge in [-0.05, 0) is 156 Å². The number of nitrogens with zero attached hydrogens (tertiary/aromatic N) is 2. The zero-order valence-electron chi connectivity index (χ0n) is 35.6. The maximum atomic E-state index is 14.2. The summed E-state index contributed by atoms with van der Waals surface area (Å²) in [5.74, 6) is -2.00. The number of hydrogen-bond donors (Lipinski definition) is 0. The van der Waals surface area contributed by atoms with E-state index in [1.54, 1.807) is 9.80 Å². The zero-order chi connectivity index (χ0) is 41.8. The fraction of sp³-hybridized carbons (Fsp3) is 0.636. The van der Waals surface area contributed by atoms with Gasteiger partial charge in [0.25, 0.3) is 0 Å². The molecule has 0 N–H and O–H groups in total. The van der Waals surface area contributed by atoms with Crippen LogP contribution in [0.5, 0.6) is 0 Å². The molecule has 2 amide bonds. The van der Waals surface area contributed by atoms with Crippen LogP contribution in [0.2, 0.25) is 0 Å². The number of likely N-dealkylation sites (tertiary alicyclic amines) is 2. The average Bonchev–Trinajstić information content (AvgIpc) is 3.74. The number of amides is 2. The van der Waals surface area contributed by atoms with Gasteiger partial charge in [0.2, 0.25) is 0 Å². The third-order valence-electron chi connectivity index (χ3n) is 9.45. The topological polar surface area (TPSA) is 129 Å².